The SMILES string of the molecule is CC(C)C(=O)N1CCN(c2ccc(N3CCCC3)nn2)CC1. The number of aromatic nitrogens is 2. The van der Waals surface area contributed by atoms with Crippen molar-refractivity contribution in [2.24, 2.45) is 5.92 Å². The highest BCUT2D eigenvalue weighted by Crippen LogP contribution is 2.20. The smallest absolute Gasteiger partial charge is 0.225 e. The normalized spacial score (nSPS) is 19.1. The van der Waals surface area contributed by atoms with Crippen molar-refractivity contribution in [2.45, 2.75) is 26.7 Å². The maximum absolute atomic E-state index is 12.0. The quantitative estimate of drug-likeness (QED) is 0.844. The van der Waals surface area contributed by atoms with Gasteiger partial charge in [-0.15, -0.1) is 10.2 Å². The van der Waals surface area contributed by atoms with Crippen molar-refractivity contribution in [3.8, 4) is 0 Å². The lowest BCUT2D eigenvalue weighted by atomic mass is 10.1. The third-order valence-corrected chi connectivity index (χ3v) is 4.48. The molecule has 2 aliphatic heterocycles. The van der Waals surface area contributed by atoms with Gasteiger partial charge in [0, 0.05) is 45.2 Å². The van der Waals surface area contributed by atoms with Crippen molar-refractivity contribution in [1.82, 2.24) is 15.1 Å². The fraction of sp³-hybridized carbons (Fsp3) is 0.688. The highest BCUT2D eigenvalue weighted by molar-refractivity contribution is 5.78. The summed E-state index contributed by atoms with van der Waals surface area (Å²) in [7, 11) is 0. The van der Waals surface area contributed by atoms with Crippen molar-refractivity contribution in [1.29, 1.82) is 0 Å². The molecule has 0 N–H and O–H groups in total. The van der Waals surface area contributed by atoms with Gasteiger partial charge >= 0.3 is 0 Å². The van der Waals surface area contributed by atoms with Crippen LogP contribution in [0.5, 0.6) is 0 Å². The Morgan fingerprint density at radius 2 is 1.41 bits per heavy atom. The van der Waals surface area contributed by atoms with Crippen LogP contribution in [0.4, 0.5) is 11.6 Å². The van der Waals surface area contributed by atoms with Crippen LogP contribution in [0.15, 0.2) is 12.1 Å². The van der Waals surface area contributed by atoms with Gasteiger partial charge in [0.25, 0.3) is 0 Å². The van der Waals surface area contributed by atoms with Crippen molar-refractivity contribution >= 4 is 17.5 Å². The second-order valence-corrected chi connectivity index (χ2v) is 6.41. The largest absolute Gasteiger partial charge is 0.355 e. The molecule has 0 radical (unpaired) electrons. The van der Waals surface area contributed by atoms with Gasteiger partial charge in [0.2, 0.25) is 5.91 Å². The second-order valence-electron chi connectivity index (χ2n) is 6.41. The maximum Gasteiger partial charge on any atom is 0.225 e. The molecule has 0 unspecified atom stereocenters. The highest BCUT2D eigenvalue weighted by Gasteiger charge is 2.24. The van der Waals surface area contributed by atoms with Gasteiger partial charge in [-0.2, -0.15) is 0 Å². The average molecular weight is 303 g/mol. The van der Waals surface area contributed by atoms with Gasteiger partial charge in [0.1, 0.15) is 0 Å². The summed E-state index contributed by atoms with van der Waals surface area (Å²) in [5.41, 5.74) is 0. The van der Waals surface area contributed by atoms with E-state index in [4.69, 9.17) is 0 Å². The third-order valence-electron chi connectivity index (χ3n) is 4.48. The standard InChI is InChI=1S/C16H25N5O/c1-13(2)16(22)21-11-9-20(10-12-21)15-6-5-14(17-18-15)19-7-3-4-8-19/h5-6,13H,3-4,7-12H2,1-2H3. The Bertz CT molecular complexity index is 502. The molecule has 0 aromatic carbocycles. The van der Waals surface area contributed by atoms with Crippen LogP contribution in [0.25, 0.3) is 0 Å². The summed E-state index contributed by atoms with van der Waals surface area (Å²) in [5.74, 6) is 2.22. The lowest BCUT2D eigenvalue weighted by molar-refractivity contribution is -0.134. The van der Waals surface area contributed by atoms with Gasteiger partial charge in [-0.25, -0.2) is 0 Å². The first-order valence-corrected chi connectivity index (χ1v) is 8.27. The molecule has 0 bridgehead atoms. The zero-order valence-electron chi connectivity index (χ0n) is 13.5. The lowest BCUT2D eigenvalue weighted by Crippen LogP contribution is -2.50. The zero-order valence-corrected chi connectivity index (χ0v) is 13.5. The predicted octanol–water partition coefficient (Wildman–Crippen LogP) is 1.38. The first-order chi connectivity index (χ1) is 10.6. The van der Waals surface area contributed by atoms with Gasteiger partial charge in [0.15, 0.2) is 11.6 Å². The molecule has 1 amide bonds. The van der Waals surface area contributed by atoms with E-state index in [1.165, 1.54) is 12.8 Å². The van der Waals surface area contributed by atoms with E-state index in [1.54, 1.807) is 0 Å². The van der Waals surface area contributed by atoms with Crippen LogP contribution in [-0.2, 0) is 4.79 Å². The molecule has 0 spiro atoms. The number of anilines is 2. The molecule has 0 saturated carbocycles. The summed E-state index contributed by atoms with van der Waals surface area (Å²) in [6.45, 7) is 9.29. The van der Waals surface area contributed by atoms with Gasteiger partial charge in [0.05, 0.1) is 0 Å². The van der Waals surface area contributed by atoms with Crippen LogP contribution in [0.1, 0.15) is 26.7 Å². The van der Waals surface area contributed by atoms with E-state index in [2.05, 4.69) is 32.1 Å². The molecule has 22 heavy (non-hydrogen) atoms. The molecule has 0 aliphatic carbocycles. The summed E-state index contributed by atoms with van der Waals surface area (Å²) in [6.07, 6.45) is 2.49. The Kier molecular flexibility index (Phi) is 4.45. The zero-order chi connectivity index (χ0) is 15.5. The van der Waals surface area contributed by atoms with Crippen molar-refractivity contribution in [3.63, 3.8) is 0 Å². The van der Waals surface area contributed by atoms with E-state index in [9.17, 15) is 4.79 Å². The van der Waals surface area contributed by atoms with Crippen LogP contribution in [0.3, 0.4) is 0 Å². The van der Waals surface area contributed by atoms with E-state index < -0.39 is 0 Å². The summed E-state index contributed by atoms with van der Waals surface area (Å²) < 4.78 is 0. The van der Waals surface area contributed by atoms with Crippen LogP contribution in [0, 0.1) is 5.92 Å². The topological polar surface area (TPSA) is 52.6 Å². The first kappa shape index (κ1) is 15.1. The van der Waals surface area contributed by atoms with Gasteiger partial charge in [-0.05, 0) is 25.0 Å². The molecule has 2 aliphatic rings. The van der Waals surface area contributed by atoms with Crippen LogP contribution < -0.4 is 9.80 Å². The molecule has 6 heteroatoms. The van der Waals surface area contributed by atoms with Crippen molar-refractivity contribution < 1.29 is 4.79 Å². The monoisotopic (exact) mass is 303 g/mol. The van der Waals surface area contributed by atoms with Crippen molar-refractivity contribution in [2.75, 3.05) is 49.1 Å². The Labute approximate surface area is 132 Å². The van der Waals surface area contributed by atoms with E-state index >= 15 is 0 Å². The summed E-state index contributed by atoms with van der Waals surface area (Å²) in [6, 6.07) is 4.12. The van der Waals surface area contributed by atoms with E-state index in [-0.39, 0.29) is 11.8 Å². The van der Waals surface area contributed by atoms with E-state index in [1.807, 2.05) is 18.7 Å². The third kappa shape index (κ3) is 3.15. The minimum atomic E-state index is 0.0751. The lowest BCUT2D eigenvalue weighted by Gasteiger charge is -2.36. The second kappa shape index (κ2) is 6.50. The summed E-state index contributed by atoms with van der Waals surface area (Å²) in [4.78, 5) is 18.5. The molecule has 120 valence electrons. The van der Waals surface area contributed by atoms with Crippen LogP contribution >= 0.6 is 0 Å². The predicted molar refractivity (Wildman–Crippen MR) is 87.1 cm³/mol. The molecular formula is C16H25N5O. The molecule has 3 rings (SSSR count). The van der Waals surface area contributed by atoms with Gasteiger partial charge < -0.3 is 14.7 Å². The summed E-state index contributed by atoms with van der Waals surface area (Å²) >= 11 is 0. The highest BCUT2D eigenvalue weighted by atomic mass is 16.2. The van der Waals surface area contributed by atoms with Crippen LogP contribution in [-0.4, -0.2) is 60.3 Å². The Hall–Kier alpha value is -1.85. The molecule has 3 heterocycles. The molecular weight excluding hydrogens is 278 g/mol. The van der Waals surface area contributed by atoms with Gasteiger partial charge in [-0.1, -0.05) is 13.8 Å². The summed E-state index contributed by atoms with van der Waals surface area (Å²) in [5, 5.41) is 8.75. The van der Waals surface area contributed by atoms with E-state index in [0.29, 0.717) is 0 Å². The molecule has 2 saturated heterocycles. The Morgan fingerprint density at radius 1 is 0.909 bits per heavy atom. The molecule has 2 fully saturated rings. The number of hydrogen-bond acceptors (Lipinski definition) is 5. The number of hydrogen-bond donors (Lipinski definition) is 0. The number of piperazine rings is 1. The maximum atomic E-state index is 12.0. The number of rotatable bonds is 3. The molecule has 1 aromatic rings. The fourth-order valence-electron chi connectivity index (χ4n) is 3.12. The number of amides is 1. The minimum absolute atomic E-state index is 0.0751. The van der Waals surface area contributed by atoms with Crippen molar-refractivity contribution in [3.05, 3.63) is 12.1 Å². The Morgan fingerprint density at radius 3 is 1.86 bits per heavy atom. The average Bonchev–Trinajstić information content (AvgIpc) is 3.09. The van der Waals surface area contributed by atoms with Gasteiger partial charge in [-0.3, -0.25) is 4.79 Å². The number of carbonyl (C=O) groups is 1. The molecule has 1 aromatic heterocycles. The first-order valence-electron chi connectivity index (χ1n) is 8.27. The minimum Gasteiger partial charge on any atom is -0.355 e. The molecule has 6 nitrogen and oxygen atoms in total. The number of carbonyl (C=O) groups excluding carboxylic acids is 1. The molecule has 0 atom stereocenters. The fourth-order valence-corrected chi connectivity index (χ4v) is 3.12. The number of nitrogens with zero attached hydrogens (tertiary/aromatic N) is 5. The Balaban J connectivity index is 1.58. The van der Waals surface area contributed by atoms with E-state index in [0.717, 1.165) is 50.9 Å². The van der Waals surface area contributed by atoms with Crippen LogP contribution in [0.2, 0.25) is 0 Å².